The second-order valence-corrected chi connectivity index (χ2v) is 5.66. The number of aromatic nitrogens is 1. The lowest BCUT2D eigenvalue weighted by Crippen LogP contribution is -2.43. The van der Waals surface area contributed by atoms with E-state index in [1.54, 1.807) is 0 Å². The van der Waals surface area contributed by atoms with Crippen LogP contribution < -0.4 is 10.6 Å². The van der Waals surface area contributed by atoms with Gasteiger partial charge in [0, 0.05) is 19.3 Å². The molecule has 2 N–H and O–H groups in total. The Hall–Kier alpha value is -1.00. The molecule has 0 saturated carbocycles. The van der Waals surface area contributed by atoms with Crippen molar-refractivity contribution in [2.45, 2.75) is 26.7 Å². The Labute approximate surface area is 121 Å². The van der Waals surface area contributed by atoms with Crippen LogP contribution in [0, 0.1) is 12.3 Å². The summed E-state index contributed by atoms with van der Waals surface area (Å²) in [5, 5.41) is 6.43. The van der Waals surface area contributed by atoms with Crippen molar-refractivity contribution in [2.24, 2.45) is 12.5 Å². The van der Waals surface area contributed by atoms with Crippen LogP contribution in [0.1, 0.15) is 35.9 Å². The molecule has 1 aliphatic heterocycles. The van der Waals surface area contributed by atoms with E-state index in [9.17, 15) is 4.79 Å². The van der Waals surface area contributed by atoms with Crippen molar-refractivity contribution in [3.8, 4) is 0 Å². The SMILES string of the molecule is Cc1ccc(C(=O)NCC2(C)CCNCC2)n1C.Cl. The summed E-state index contributed by atoms with van der Waals surface area (Å²) in [6, 6.07) is 3.86. The van der Waals surface area contributed by atoms with Crippen LogP contribution in [0.15, 0.2) is 12.1 Å². The van der Waals surface area contributed by atoms with Crippen LogP contribution in [0.25, 0.3) is 0 Å². The van der Waals surface area contributed by atoms with Gasteiger partial charge >= 0.3 is 0 Å². The number of carbonyl (C=O) groups is 1. The fourth-order valence-corrected chi connectivity index (χ4v) is 2.43. The molecule has 1 amide bonds. The van der Waals surface area contributed by atoms with Crippen molar-refractivity contribution in [1.29, 1.82) is 0 Å². The van der Waals surface area contributed by atoms with E-state index in [0.717, 1.165) is 43.9 Å². The predicted octanol–water partition coefficient (Wildman–Crippen LogP) is 1.87. The molecule has 0 spiro atoms. The summed E-state index contributed by atoms with van der Waals surface area (Å²) in [4.78, 5) is 12.1. The molecule has 2 heterocycles. The normalized spacial score (nSPS) is 17.6. The molecular weight excluding hydrogens is 262 g/mol. The Kier molecular flexibility index (Phi) is 5.44. The van der Waals surface area contributed by atoms with E-state index in [2.05, 4.69) is 17.6 Å². The van der Waals surface area contributed by atoms with Gasteiger partial charge in [-0.05, 0) is 50.4 Å². The second kappa shape index (κ2) is 6.44. The molecule has 0 aromatic carbocycles. The molecule has 1 aromatic rings. The first-order valence-corrected chi connectivity index (χ1v) is 6.63. The van der Waals surface area contributed by atoms with E-state index < -0.39 is 0 Å². The lowest BCUT2D eigenvalue weighted by molar-refractivity contribution is 0.0914. The van der Waals surface area contributed by atoms with Crippen molar-refractivity contribution >= 4 is 18.3 Å². The van der Waals surface area contributed by atoms with Crippen molar-refractivity contribution in [2.75, 3.05) is 19.6 Å². The third-order valence-electron chi connectivity index (χ3n) is 4.09. The number of nitrogens with zero attached hydrogens (tertiary/aromatic N) is 1. The Bertz CT molecular complexity index is 436. The summed E-state index contributed by atoms with van der Waals surface area (Å²) < 4.78 is 1.93. The maximum Gasteiger partial charge on any atom is 0.267 e. The maximum absolute atomic E-state index is 12.1. The third kappa shape index (κ3) is 3.74. The van der Waals surface area contributed by atoms with Crippen LogP contribution in [0.4, 0.5) is 0 Å². The minimum absolute atomic E-state index is 0. The molecule has 1 aliphatic rings. The van der Waals surface area contributed by atoms with Gasteiger partial charge in [0.05, 0.1) is 0 Å². The first-order chi connectivity index (χ1) is 8.52. The average molecular weight is 286 g/mol. The minimum Gasteiger partial charge on any atom is -0.350 e. The summed E-state index contributed by atoms with van der Waals surface area (Å²) in [6.07, 6.45) is 2.25. The second-order valence-electron chi connectivity index (χ2n) is 5.66. The van der Waals surface area contributed by atoms with Gasteiger partial charge in [-0.1, -0.05) is 6.92 Å². The zero-order chi connectivity index (χ0) is 13.2. The van der Waals surface area contributed by atoms with Gasteiger partial charge in [-0.3, -0.25) is 4.79 Å². The summed E-state index contributed by atoms with van der Waals surface area (Å²) >= 11 is 0. The molecule has 2 rings (SSSR count). The zero-order valence-electron chi connectivity index (χ0n) is 12.0. The van der Waals surface area contributed by atoms with Crippen LogP contribution in [-0.2, 0) is 7.05 Å². The minimum atomic E-state index is 0. The van der Waals surface area contributed by atoms with E-state index in [-0.39, 0.29) is 23.7 Å². The highest BCUT2D eigenvalue weighted by atomic mass is 35.5. The van der Waals surface area contributed by atoms with Crippen LogP contribution >= 0.6 is 12.4 Å². The Balaban J connectivity index is 0.00000180. The molecule has 0 aliphatic carbocycles. The zero-order valence-corrected chi connectivity index (χ0v) is 12.8. The molecule has 0 radical (unpaired) electrons. The number of aryl methyl sites for hydroxylation is 1. The molecule has 108 valence electrons. The first kappa shape index (κ1) is 16.1. The van der Waals surface area contributed by atoms with Gasteiger partial charge < -0.3 is 15.2 Å². The quantitative estimate of drug-likeness (QED) is 0.891. The number of halogens is 1. The van der Waals surface area contributed by atoms with Crippen molar-refractivity contribution in [1.82, 2.24) is 15.2 Å². The van der Waals surface area contributed by atoms with Gasteiger partial charge in [0.25, 0.3) is 5.91 Å². The number of hydrogen-bond donors (Lipinski definition) is 2. The summed E-state index contributed by atoms with van der Waals surface area (Å²) in [6.45, 7) is 7.12. The largest absolute Gasteiger partial charge is 0.350 e. The average Bonchev–Trinajstić information content (AvgIpc) is 2.68. The van der Waals surface area contributed by atoms with Gasteiger partial charge in [-0.25, -0.2) is 0 Å². The van der Waals surface area contributed by atoms with Gasteiger partial charge in [0.15, 0.2) is 0 Å². The molecule has 5 heteroatoms. The summed E-state index contributed by atoms with van der Waals surface area (Å²) in [7, 11) is 1.93. The topological polar surface area (TPSA) is 46.1 Å². The van der Waals surface area contributed by atoms with Gasteiger partial charge in [-0.15, -0.1) is 12.4 Å². The molecule has 4 nitrogen and oxygen atoms in total. The lowest BCUT2D eigenvalue weighted by atomic mass is 9.81. The van der Waals surface area contributed by atoms with Crippen molar-refractivity contribution in [3.05, 3.63) is 23.5 Å². The van der Waals surface area contributed by atoms with Crippen molar-refractivity contribution in [3.63, 3.8) is 0 Å². The number of nitrogens with one attached hydrogen (secondary N) is 2. The molecular formula is C14H24ClN3O. The predicted molar refractivity (Wildman–Crippen MR) is 79.9 cm³/mol. The first-order valence-electron chi connectivity index (χ1n) is 6.63. The molecule has 19 heavy (non-hydrogen) atoms. The molecule has 0 unspecified atom stereocenters. The number of amides is 1. The standard InChI is InChI=1S/C14H23N3O.ClH/c1-11-4-5-12(17(11)3)13(18)16-10-14(2)6-8-15-9-7-14;/h4-5,15H,6-10H2,1-3H3,(H,16,18);1H. The van der Waals surface area contributed by atoms with Crippen LogP contribution in [0.3, 0.4) is 0 Å². The van der Waals surface area contributed by atoms with E-state index in [4.69, 9.17) is 0 Å². The number of piperidine rings is 1. The Morgan fingerprint density at radius 2 is 2.05 bits per heavy atom. The molecule has 0 bridgehead atoms. The van der Waals surface area contributed by atoms with Crippen LogP contribution in [0.2, 0.25) is 0 Å². The van der Waals surface area contributed by atoms with Crippen LogP contribution in [0.5, 0.6) is 0 Å². The Morgan fingerprint density at radius 1 is 1.42 bits per heavy atom. The van der Waals surface area contributed by atoms with E-state index in [1.165, 1.54) is 0 Å². The highest BCUT2D eigenvalue weighted by Gasteiger charge is 2.27. The van der Waals surface area contributed by atoms with Gasteiger partial charge in [0.2, 0.25) is 0 Å². The fraction of sp³-hybridized carbons (Fsp3) is 0.643. The van der Waals surface area contributed by atoms with Gasteiger partial charge in [0.1, 0.15) is 5.69 Å². The highest BCUT2D eigenvalue weighted by molar-refractivity contribution is 5.92. The fourth-order valence-electron chi connectivity index (χ4n) is 2.43. The van der Waals surface area contributed by atoms with Crippen molar-refractivity contribution < 1.29 is 4.79 Å². The number of carbonyl (C=O) groups excluding carboxylic acids is 1. The maximum atomic E-state index is 12.1. The van der Waals surface area contributed by atoms with E-state index in [0.29, 0.717) is 0 Å². The smallest absolute Gasteiger partial charge is 0.267 e. The summed E-state index contributed by atoms with van der Waals surface area (Å²) in [5.41, 5.74) is 2.08. The number of rotatable bonds is 3. The van der Waals surface area contributed by atoms with Gasteiger partial charge in [-0.2, -0.15) is 0 Å². The highest BCUT2D eigenvalue weighted by Crippen LogP contribution is 2.26. The number of hydrogen-bond acceptors (Lipinski definition) is 2. The summed E-state index contributed by atoms with van der Waals surface area (Å²) in [5.74, 6) is 0.0327. The van der Waals surface area contributed by atoms with E-state index in [1.807, 2.05) is 30.7 Å². The molecule has 1 fully saturated rings. The molecule has 1 saturated heterocycles. The molecule has 1 aromatic heterocycles. The monoisotopic (exact) mass is 285 g/mol. The van der Waals surface area contributed by atoms with E-state index >= 15 is 0 Å². The Morgan fingerprint density at radius 3 is 2.58 bits per heavy atom. The lowest BCUT2D eigenvalue weighted by Gasteiger charge is -2.34. The third-order valence-corrected chi connectivity index (χ3v) is 4.09. The van der Waals surface area contributed by atoms with Crippen LogP contribution in [-0.4, -0.2) is 30.1 Å². The molecule has 0 atom stereocenters.